The molecular weight excluding hydrogens is 266 g/mol. The number of benzene rings is 3. The zero-order valence-corrected chi connectivity index (χ0v) is 12.4. The van der Waals surface area contributed by atoms with Crippen LogP contribution in [-0.2, 0) is 0 Å². The summed E-state index contributed by atoms with van der Waals surface area (Å²) in [6.45, 7) is 2.09. The topological polar surface area (TPSA) is 4.93 Å². The minimum Gasteiger partial charge on any atom is -0.268 e. The summed E-state index contributed by atoms with van der Waals surface area (Å²) in [4.78, 5) is 0. The molecule has 1 heterocycles. The van der Waals surface area contributed by atoms with Gasteiger partial charge in [0.25, 0.3) is 0 Å². The van der Waals surface area contributed by atoms with Crippen LogP contribution in [0.3, 0.4) is 0 Å². The molecule has 0 atom stereocenters. The van der Waals surface area contributed by atoms with Crippen molar-refractivity contribution in [2.24, 2.45) is 0 Å². The SMILES string of the molecule is Cc1ccc(C#Cn2c3ccccc3c3ccccc32)cc1. The second-order valence-corrected chi connectivity index (χ2v) is 5.47. The van der Waals surface area contributed by atoms with Crippen LogP contribution in [0.5, 0.6) is 0 Å². The fraction of sp³-hybridized carbons (Fsp3) is 0.0476. The second kappa shape index (κ2) is 5.09. The second-order valence-electron chi connectivity index (χ2n) is 5.47. The monoisotopic (exact) mass is 281 g/mol. The quantitative estimate of drug-likeness (QED) is 0.401. The summed E-state index contributed by atoms with van der Waals surface area (Å²) in [6.07, 6.45) is 0. The van der Waals surface area contributed by atoms with Crippen LogP contribution in [0.15, 0.2) is 72.8 Å². The molecule has 0 saturated heterocycles. The molecule has 0 unspecified atom stereocenters. The maximum Gasteiger partial charge on any atom is 0.0625 e. The first-order chi connectivity index (χ1) is 10.8. The molecule has 0 bridgehead atoms. The van der Waals surface area contributed by atoms with Gasteiger partial charge < -0.3 is 0 Å². The summed E-state index contributed by atoms with van der Waals surface area (Å²) in [5, 5.41) is 2.49. The minimum atomic E-state index is 1.03. The third kappa shape index (κ3) is 2.06. The highest BCUT2D eigenvalue weighted by Crippen LogP contribution is 2.27. The largest absolute Gasteiger partial charge is 0.268 e. The normalized spacial score (nSPS) is 10.6. The van der Waals surface area contributed by atoms with Crippen molar-refractivity contribution < 1.29 is 0 Å². The Hall–Kier alpha value is -2.98. The first-order valence-corrected chi connectivity index (χ1v) is 7.40. The van der Waals surface area contributed by atoms with Crippen molar-refractivity contribution in [3.05, 3.63) is 83.9 Å². The van der Waals surface area contributed by atoms with Crippen molar-refractivity contribution in [2.75, 3.05) is 0 Å². The first-order valence-electron chi connectivity index (χ1n) is 7.40. The van der Waals surface area contributed by atoms with E-state index in [0.717, 1.165) is 16.6 Å². The number of fused-ring (bicyclic) bond motifs is 3. The van der Waals surface area contributed by atoms with Gasteiger partial charge in [-0.3, -0.25) is 4.57 Å². The Morgan fingerprint density at radius 2 is 1.23 bits per heavy atom. The molecule has 0 spiro atoms. The molecule has 0 radical (unpaired) electrons. The van der Waals surface area contributed by atoms with Crippen molar-refractivity contribution >= 4 is 21.8 Å². The molecule has 4 rings (SSSR count). The third-order valence-corrected chi connectivity index (χ3v) is 3.94. The van der Waals surface area contributed by atoms with Gasteiger partial charge in [-0.2, -0.15) is 0 Å². The number of hydrogen-bond acceptors (Lipinski definition) is 0. The third-order valence-electron chi connectivity index (χ3n) is 3.94. The van der Waals surface area contributed by atoms with E-state index in [1.807, 2.05) is 0 Å². The predicted octanol–water partition coefficient (Wildman–Crippen LogP) is 4.96. The van der Waals surface area contributed by atoms with Gasteiger partial charge in [-0.25, -0.2) is 0 Å². The maximum atomic E-state index is 3.31. The number of nitrogens with zero attached hydrogens (tertiary/aromatic N) is 1. The Balaban J connectivity index is 1.96. The highest BCUT2D eigenvalue weighted by molar-refractivity contribution is 6.08. The highest BCUT2D eigenvalue weighted by atomic mass is 14.9. The molecule has 4 aromatic rings. The van der Waals surface area contributed by atoms with E-state index < -0.39 is 0 Å². The molecule has 0 N–H and O–H groups in total. The van der Waals surface area contributed by atoms with E-state index in [2.05, 4.69) is 96.3 Å². The van der Waals surface area contributed by atoms with Crippen LogP contribution in [0.2, 0.25) is 0 Å². The molecule has 0 amide bonds. The van der Waals surface area contributed by atoms with E-state index in [1.54, 1.807) is 0 Å². The number of aromatic nitrogens is 1. The van der Waals surface area contributed by atoms with Gasteiger partial charge in [-0.1, -0.05) is 54.1 Å². The molecule has 104 valence electrons. The lowest BCUT2D eigenvalue weighted by Crippen LogP contribution is -1.88. The van der Waals surface area contributed by atoms with Gasteiger partial charge in [0, 0.05) is 22.4 Å². The van der Waals surface area contributed by atoms with Crippen LogP contribution in [0.4, 0.5) is 0 Å². The van der Waals surface area contributed by atoms with Crippen molar-refractivity contribution in [3.63, 3.8) is 0 Å². The Bertz CT molecular complexity index is 971. The van der Waals surface area contributed by atoms with Gasteiger partial charge >= 0.3 is 0 Å². The molecule has 0 aliphatic heterocycles. The molecule has 1 nitrogen and oxygen atoms in total. The molecule has 0 aliphatic carbocycles. The van der Waals surface area contributed by atoms with Crippen LogP contribution < -0.4 is 0 Å². The van der Waals surface area contributed by atoms with Crippen molar-refractivity contribution in [2.45, 2.75) is 6.92 Å². The zero-order chi connectivity index (χ0) is 14.9. The summed E-state index contributed by atoms with van der Waals surface area (Å²) in [5.41, 5.74) is 4.60. The van der Waals surface area contributed by atoms with E-state index in [9.17, 15) is 0 Å². The van der Waals surface area contributed by atoms with E-state index in [4.69, 9.17) is 0 Å². The highest BCUT2D eigenvalue weighted by Gasteiger charge is 2.07. The van der Waals surface area contributed by atoms with Gasteiger partial charge in [0.2, 0.25) is 0 Å². The van der Waals surface area contributed by atoms with Crippen LogP contribution in [-0.4, -0.2) is 4.57 Å². The molecule has 0 fully saturated rings. The predicted molar refractivity (Wildman–Crippen MR) is 92.9 cm³/mol. The van der Waals surface area contributed by atoms with Crippen molar-refractivity contribution in [1.29, 1.82) is 0 Å². The van der Waals surface area contributed by atoms with Gasteiger partial charge in [0.1, 0.15) is 0 Å². The van der Waals surface area contributed by atoms with Crippen molar-refractivity contribution in [1.82, 2.24) is 4.57 Å². The lowest BCUT2D eigenvalue weighted by atomic mass is 10.2. The molecule has 22 heavy (non-hydrogen) atoms. The lowest BCUT2D eigenvalue weighted by Gasteiger charge is -1.97. The Morgan fingerprint density at radius 1 is 0.682 bits per heavy atom. The Kier molecular flexibility index (Phi) is 2.95. The van der Waals surface area contributed by atoms with Crippen LogP contribution in [0.1, 0.15) is 11.1 Å². The average Bonchev–Trinajstić information content (AvgIpc) is 2.89. The summed E-state index contributed by atoms with van der Waals surface area (Å²) in [6, 6.07) is 28.5. The molecule has 0 saturated carbocycles. The van der Waals surface area contributed by atoms with Crippen LogP contribution in [0.25, 0.3) is 21.8 Å². The average molecular weight is 281 g/mol. The summed E-state index contributed by atoms with van der Waals surface area (Å²) >= 11 is 0. The van der Waals surface area contributed by atoms with E-state index in [-0.39, 0.29) is 0 Å². The number of aryl methyl sites for hydroxylation is 1. The Labute approximate surface area is 129 Å². The molecule has 1 heteroatoms. The van der Waals surface area contributed by atoms with Crippen molar-refractivity contribution in [3.8, 4) is 12.0 Å². The summed E-state index contributed by atoms with van der Waals surface area (Å²) < 4.78 is 2.09. The van der Waals surface area contributed by atoms with Crippen LogP contribution >= 0.6 is 0 Å². The molecule has 1 aromatic heterocycles. The summed E-state index contributed by atoms with van der Waals surface area (Å²) in [5.74, 6) is 3.27. The van der Waals surface area contributed by atoms with Gasteiger partial charge in [-0.05, 0) is 37.1 Å². The first kappa shape index (κ1) is 12.7. The van der Waals surface area contributed by atoms with Gasteiger partial charge in [0.05, 0.1) is 11.0 Å². The van der Waals surface area contributed by atoms with Gasteiger partial charge in [-0.15, -0.1) is 0 Å². The minimum absolute atomic E-state index is 1.03. The molecule has 0 aliphatic rings. The van der Waals surface area contributed by atoms with Gasteiger partial charge in [0.15, 0.2) is 0 Å². The smallest absolute Gasteiger partial charge is 0.0625 e. The fourth-order valence-corrected chi connectivity index (χ4v) is 2.80. The molecule has 3 aromatic carbocycles. The fourth-order valence-electron chi connectivity index (χ4n) is 2.80. The van der Waals surface area contributed by atoms with E-state index in [1.165, 1.54) is 16.3 Å². The lowest BCUT2D eigenvalue weighted by molar-refractivity contribution is 1.26. The Morgan fingerprint density at radius 3 is 1.82 bits per heavy atom. The van der Waals surface area contributed by atoms with Crippen LogP contribution in [0, 0.1) is 18.9 Å². The van der Waals surface area contributed by atoms with E-state index >= 15 is 0 Å². The number of rotatable bonds is 0. The molecular formula is C21H15N. The summed E-state index contributed by atoms with van der Waals surface area (Å²) in [7, 11) is 0. The van der Waals surface area contributed by atoms with E-state index in [0.29, 0.717) is 0 Å². The zero-order valence-electron chi connectivity index (χ0n) is 12.4. The number of para-hydroxylation sites is 2. The standard InChI is InChI=1S/C21H15N/c1-16-10-12-17(13-11-16)14-15-22-20-8-4-2-6-18(20)19-7-3-5-9-21(19)22/h2-13H,1H3. The maximum absolute atomic E-state index is 3.31. The number of hydrogen-bond donors (Lipinski definition) is 0.